The third kappa shape index (κ3) is 3.27. The van der Waals surface area contributed by atoms with Crippen LogP contribution in [-0.4, -0.2) is 38.3 Å². The first-order valence-electron chi connectivity index (χ1n) is 5.88. The zero-order valence-electron chi connectivity index (χ0n) is 10.3. The fraction of sp³-hybridized carbons (Fsp3) is 0.333. The molecule has 0 spiro atoms. The first-order valence-corrected chi connectivity index (χ1v) is 5.88. The van der Waals surface area contributed by atoms with E-state index < -0.39 is 6.09 Å². The maximum Gasteiger partial charge on any atom is 0.404 e. The van der Waals surface area contributed by atoms with Gasteiger partial charge in [-0.2, -0.15) is 0 Å². The van der Waals surface area contributed by atoms with Crippen molar-refractivity contribution >= 4 is 17.7 Å². The molecule has 0 atom stereocenters. The van der Waals surface area contributed by atoms with Gasteiger partial charge in [-0.25, -0.2) is 4.79 Å². The molecule has 0 aliphatic carbocycles. The lowest BCUT2D eigenvalue weighted by Gasteiger charge is -2.21. The highest BCUT2D eigenvalue weighted by atomic mass is 16.5. The van der Waals surface area contributed by atoms with E-state index in [0.717, 1.165) is 5.69 Å². The maximum absolute atomic E-state index is 12.0. The highest BCUT2D eigenvalue weighted by Crippen LogP contribution is 2.30. The Morgan fingerprint density at radius 1 is 1.47 bits per heavy atom. The Morgan fingerprint density at radius 2 is 2.32 bits per heavy atom. The Hall–Kier alpha value is -2.44. The van der Waals surface area contributed by atoms with Gasteiger partial charge in [0.05, 0.1) is 17.8 Å². The molecular weight excluding hydrogens is 250 g/mol. The van der Waals surface area contributed by atoms with Gasteiger partial charge in [0, 0.05) is 6.54 Å². The summed E-state index contributed by atoms with van der Waals surface area (Å²) in [5, 5.41) is 5.77. The zero-order valence-corrected chi connectivity index (χ0v) is 10.3. The molecule has 0 fully saturated rings. The largest absolute Gasteiger partial charge is 0.489 e. The van der Waals surface area contributed by atoms with Gasteiger partial charge in [0.2, 0.25) is 0 Å². The number of primary amides is 1. The third-order valence-corrected chi connectivity index (χ3v) is 2.56. The van der Waals surface area contributed by atoms with Gasteiger partial charge in [-0.1, -0.05) is 6.07 Å². The van der Waals surface area contributed by atoms with Crippen LogP contribution < -0.4 is 21.1 Å². The summed E-state index contributed by atoms with van der Waals surface area (Å²) in [4.78, 5) is 22.3. The number of para-hydroxylation sites is 1. The quantitative estimate of drug-likeness (QED) is 0.680. The van der Waals surface area contributed by atoms with Crippen molar-refractivity contribution in [1.29, 1.82) is 0 Å². The summed E-state index contributed by atoms with van der Waals surface area (Å²) in [6, 6.07) is 5.30. The Morgan fingerprint density at radius 3 is 3.11 bits per heavy atom. The second kappa shape index (κ2) is 5.94. The number of hydrogen-bond acceptors (Lipinski definition) is 5. The molecule has 0 radical (unpaired) electrons. The number of nitrogens with two attached hydrogens (primary N) is 1. The van der Waals surface area contributed by atoms with Crippen molar-refractivity contribution in [3.8, 4) is 5.75 Å². The van der Waals surface area contributed by atoms with Crippen LogP contribution in [0.2, 0.25) is 0 Å². The van der Waals surface area contributed by atoms with Crippen molar-refractivity contribution in [1.82, 2.24) is 5.32 Å². The number of ether oxygens (including phenoxy) is 2. The predicted octanol–water partition coefficient (Wildman–Crippen LogP) is 0.316. The molecule has 2 amide bonds. The second-order valence-electron chi connectivity index (χ2n) is 3.88. The van der Waals surface area contributed by atoms with E-state index in [2.05, 4.69) is 15.4 Å². The van der Waals surface area contributed by atoms with Gasteiger partial charge in [0.25, 0.3) is 5.91 Å². The van der Waals surface area contributed by atoms with Crippen LogP contribution in [0.15, 0.2) is 18.2 Å². The molecule has 2 rings (SSSR count). The first-order chi connectivity index (χ1) is 9.18. The first kappa shape index (κ1) is 13.0. The summed E-state index contributed by atoms with van der Waals surface area (Å²) in [5.74, 6) is 0.260. The highest BCUT2D eigenvalue weighted by molar-refractivity contribution is 5.98. The smallest absolute Gasteiger partial charge is 0.404 e. The Balaban J connectivity index is 1.97. The predicted molar refractivity (Wildman–Crippen MR) is 68.3 cm³/mol. The summed E-state index contributed by atoms with van der Waals surface area (Å²) in [7, 11) is 0. The molecular formula is C12H15N3O4. The number of benzene rings is 1. The lowest BCUT2D eigenvalue weighted by molar-refractivity contribution is 0.0932. The van der Waals surface area contributed by atoms with E-state index in [9.17, 15) is 9.59 Å². The van der Waals surface area contributed by atoms with Crippen molar-refractivity contribution in [2.75, 3.05) is 31.6 Å². The molecule has 1 heterocycles. The van der Waals surface area contributed by atoms with E-state index >= 15 is 0 Å². The summed E-state index contributed by atoms with van der Waals surface area (Å²) >= 11 is 0. The lowest BCUT2D eigenvalue weighted by atomic mass is 10.1. The summed E-state index contributed by atoms with van der Waals surface area (Å²) in [6.45, 7) is 1.46. The van der Waals surface area contributed by atoms with Gasteiger partial charge in [0.15, 0.2) is 5.75 Å². The monoisotopic (exact) mass is 265 g/mol. The maximum atomic E-state index is 12.0. The van der Waals surface area contributed by atoms with Crippen LogP contribution in [-0.2, 0) is 4.74 Å². The Kier molecular flexibility index (Phi) is 4.07. The minimum absolute atomic E-state index is 0.0369. The number of hydrogen-bond donors (Lipinski definition) is 3. The van der Waals surface area contributed by atoms with E-state index in [1.807, 2.05) is 6.07 Å². The van der Waals surface area contributed by atoms with Gasteiger partial charge in [-0.15, -0.1) is 0 Å². The molecule has 1 aromatic rings. The minimum Gasteiger partial charge on any atom is -0.489 e. The SMILES string of the molecule is NC(=O)OCCNC(=O)c1cccc2c1OCCN2. The van der Waals surface area contributed by atoms with Gasteiger partial charge < -0.3 is 25.8 Å². The molecule has 0 saturated heterocycles. The van der Waals surface area contributed by atoms with Gasteiger partial charge in [0.1, 0.15) is 13.2 Å². The number of nitrogens with one attached hydrogen (secondary N) is 2. The average Bonchev–Trinajstić information content (AvgIpc) is 2.42. The van der Waals surface area contributed by atoms with Crippen molar-refractivity contribution in [2.24, 2.45) is 5.73 Å². The summed E-state index contributed by atoms with van der Waals surface area (Å²) in [5.41, 5.74) is 6.06. The van der Waals surface area contributed by atoms with E-state index in [1.165, 1.54) is 0 Å². The molecule has 1 aromatic carbocycles. The second-order valence-corrected chi connectivity index (χ2v) is 3.88. The Labute approximate surface area is 110 Å². The van der Waals surface area contributed by atoms with Crippen molar-refractivity contribution in [3.05, 3.63) is 23.8 Å². The van der Waals surface area contributed by atoms with E-state index in [0.29, 0.717) is 24.5 Å². The van der Waals surface area contributed by atoms with Crippen LogP contribution in [0, 0.1) is 0 Å². The standard InChI is InChI=1S/C12H15N3O4/c13-12(17)19-7-5-15-11(16)8-2-1-3-9-10(8)18-6-4-14-9/h1-3,14H,4-7H2,(H2,13,17)(H,15,16). The van der Waals surface area contributed by atoms with Gasteiger partial charge in [-0.3, -0.25) is 4.79 Å². The number of fused-ring (bicyclic) bond motifs is 1. The molecule has 19 heavy (non-hydrogen) atoms. The fourth-order valence-electron chi connectivity index (χ4n) is 1.76. The molecule has 0 aromatic heterocycles. The van der Waals surface area contributed by atoms with Crippen molar-refractivity contribution in [2.45, 2.75) is 0 Å². The molecule has 1 aliphatic rings. The molecule has 4 N–H and O–H groups in total. The van der Waals surface area contributed by atoms with Crippen molar-refractivity contribution < 1.29 is 19.1 Å². The van der Waals surface area contributed by atoms with Crippen LogP contribution in [0.25, 0.3) is 0 Å². The number of amides is 2. The molecule has 7 nitrogen and oxygen atoms in total. The molecule has 0 saturated carbocycles. The van der Waals surface area contributed by atoms with Gasteiger partial charge >= 0.3 is 6.09 Å². The number of anilines is 1. The van der Waals surface area contributed by atoms with Crippen molar-refractivity contribution in [3.63, 3.8) is 0 Å². The molecule has 0 bridgehead atoms. The fourth-order valence-corrected chi connectivity index (χ4v) is 1.76. The average molecular weight is 265 g/mol. The van der Waals surface area contributed by atoms with E-state index in [1.54, 1.807) is 12.1 Å². The zero-order chi connectivity index (χ0) is 13.7. The van der Waals surface area contributed by atoms with Crippen LogP contribution in [0.1, 0.15) is 10.4 Å². The normalized spacial score (nSPS) is 12.6. The number of carbonyl (C=O) groups is 2. The van der Waals surface area contributed by atoms with E-state index in [4.69, 9.17) is 10.5 Å². The van der Waals surface area contributed by atoms with Crippen LogP contribution >= 0.6 is 0 Å². The molecule has 0 unspecified atom stereocenters. The lowest BCUT2D eigenvalue weighted by Crippen LogP contribution is -2.30. The minimum atomic E-state index is -0.862. The molecule has 102 valence electrons. The number of carbonyl (C=O) groups excluding carboxylic acids is 2. The highest BCUT2D eigenvalue weighted by Gasteiger charge is 2.18. The third-order valence-electron chi connectivity index (χ3n) is 2.56. The summed E-state index contributed by atoms with van der Waals surface area (Å²) in [6.07, 6.45) is -0.862. The van der Waals surface area contributed by atoms with Crippen LogP contribution in [0.5, 0.6) is 5.75 Å². The van der Waals surface area contributed by atoms with Crippen LogP contribution in [0.3, 0.4) is 0 Å². The molecule has 1 aliphatic heterocycles. The topological polar surface area (TPSA) is 103 Å². The number of rotatable bonds is 4. The van der Waals surface area contributed by atoms with Gasteiger partial charge in [-0.05, 0) is 12.1 Å². The summed E-state index contributed by atoms with van der Waals surface area (Å²) < 4.78 is 10.0. The van der Waals surface area contributed by atoms with Crippen LogP contribution in [0.4, 0.5) is 10.5 Å². The molecule has 7 heteroatoms. The van der Waals surface area contributed by atoms with E-state index in [-0.39, 0.29) is 19.1 Å². The Bertz CT molecular complexity index is 490.